The van der Waals surface area contributed by atoms with Crippen LogP contribution in [-0.2, 0) is 0 Å². The Balaban J connectivity index is 1.29. The molecular formula is C39H23N3O. The van der Waals surface area contributed by atoms with Crippen LogP contribution in [0.1, 0.15) is 0 Å². The summed E-state index contributed by atoms with van der Waals surface area (Å²) in [5, 5.41) is 6.93. The van der Waals surface area contributed by atoms with Gasteiger partial charge in [-0.25, -0.2) is 15.0 Å². The molecule has 0 saturated carbocycles. The zero-order valence-electron chi connectivity index (χ0n) is 23.0. The van der Waals surface area contributed by atoms with Crippen molar-refractivity contribution in [3.8, 4) is 56.8 Å². The summed E-state index contributed by atoms with van der Waals surface area (Å²) in [6.45, 7) is 0. The maximum absolute atomic E-state index is 6.36. The van der Waals surface area contributed by atoms with Gasteiger partial charge in [-0.3, -0.25) is 0 Å². The van der Waals surface area contributed by atoms with Crippen LogP contribution in [0.15, 0.2) is 140 Å². The largest absolute Gasteiger partial charge is 0.456 e. The summed E-state index contributed by atoms with van der Waals surface area (Å²) in [5.41, 5.74) is 5.01. The van der Waals surface area contributed by atoms with Crippen molar-refractivity contribution in [3.63, 3.8) is 0 Å². The van der Waals surface area contributed by atoms with Gasteiger partial charge >= 0.3 is 0 Å². The second-order valence-electron chi connectivity index (χ2n) is 10.8. The number of rotatable bonds is 3. The third kappa shape index (κ3) is 3.81. The van der Waals surface area contributed by atoms with E-state index in [4.69, 9.17) is 19.7 Å². The molecule has 0 atom stereocenters. The molecule has 9 rings (SSSR count). The molecule has 2 heterocycles. The molecule has 1 aliphatic rings. The number of hydrogen-bond donors (Lipinski definition) is 0. The summed E-state index contributed by atoms with van der Waals surface area (Å²) in [6.07, 6.45) is 0. The van der Waals surface area contributed by atoms with E-state index in [0.717, 1.165) is 60.9 Å². The Morgan fingerprint density at radius 2 is 1.05 bits per heavy atom. The lowest BCUT2D eigenvalue weighted by molar-refractivity contribution is 0.487. The molecule has 43 heavy (non-hydrogen) atoms. The zero-order valence-corrected chi connectivity index (χ0v) is 23.0. The van der Waals surface area contributed by atoms with Crippen molar-refractivity contribution in [3.05, 3.63) is 140 Å². The van der Waals surface area contributed by atoms with Gasteiger partial charge in [-0.2, -0.15) is 0 Å². The molecule has 0 fully saturated rings. The Hall–Kier alpha value is -5.87. The van der Waals surface area contributed by atoms with Crippen molar-refractivity contribution in [2.24, 2.45) is 0 Å². The Bertz CT molecular complexity index is 2380. The van der Waals surface area contributed by atoms with Crippen LogP contribution in [-0.4, -0.2) is 15.0 Å². The molecule has 0 radical (unpaired) electrons. The molecule has 4 heteroatoms. The first-order chi connectivity index (χ1) is 21.3. The van der Waals surface area contributed by atoms with E-state index in [1.54, 1.807) is 0 Å². The first-order valence-corrected chi connectivity index (χ1v) is 14.4. The number of nitrogens with zero attached hydrogens (tertiary/aromatic N) is 3. The van der Waals surface area contributed by atoms with Gasteiger partial charge in [0.2, 0.25) is 0 Å². The summed E-state index contributed by atoms with van der Waals surface area (Å²) in [4.78, 5) is 15.2. The number of benzene rings is 7. The van der Waals surface area contributed by atoms with Gasteiger partial charge in [-0.1, -0.05) is 109 Å². The van der Waals surface area contributed by atoms with Crippen LogP contribution >= 0.6 is 0 Å². The highest BCUT2D eigenvalue weighted by molar-refractivity contribution is 6.13. The minimum absolute atomic E-state index is 0.620. The molecule has 8 aromatic rings. The molecule has 1 aromatic heterocycles. The van der Waals surface area contributed by atoms with E-state index in [2.05, 4.69) is 84.9 Å². The Morgan fingerprint density at radius 3 is 1.91 bits per heavy atom. The van der Waals surface area contributed by atoms with Gasteiger partial charge in [0, 0.05) is 27.6 Å². The van der Waals surface area contributed by atoms with Crippen molar-refractivity contribution in [2.75, 3.05) is 0 Å². The van der Waals surface area contributed by atoms with Gasteiger partial charge in [0.05, 0.1) is 0 Å². The van der Waals surface area contributed by atoms with Crippen LogP contribution in [0.3, 0.4) is 0 Å². The average molecular weight is 550 g/mol. The molecule has 0 amide bonds. The SMILES string of the molecule is c1ccc(-c2nc(-c3ccc4c(c3)-c3cccc5cccc(c35)O4)nc(-c3cc4ccccc4c4ccccc34)n2)cc1. The topological polar surface area (TPSA) is 47.9 Å². The van der Waals surface area contributed by atoms with Crippen molar-refractivity contribution in [1.82, 2.24) is 15.0 Å². The standard InChI is InChI=1S/C39H23N3O/c1-2-10-25(11-3-1)37-40-38(27-20-21-34-32(23-27)31-18-8-13-24-14-9-19-35(43-34)36(24)31)42-39(41-37)33-22-26-12-4-5-15-28(26)29-16-6-7-17-30(29)33/h1-23H. The van der Waals surface area contributed by atoms with E-state index >= 15 is 0 Å². The predicted octanol–water partition coefficient (Wildman–Crippen LogP) is 10.1. The minimum atomic E-state index is 0.620. The summed E-state index contributed by atoms with van der Waals surface area (Å²) >= 11 is 0. The van der Waals surface area contributed by atoms with Crippen LogP contribution in [0.25, 0.3) is 77.6 Å². The molecule has 1 aliphatic heterocycles. The third-order valence-electron chi connectivity index (χ3n) is 8.29. The van der Waals surface area contributed by atoms with Crippen LogP contribution in [0, 0.1) is 0 Å². The van der Waals surface area contributed by atoms with Gasteiger partial charge < -0.3 is 4.74 Å². The molecule has 0 spiro atoms. The van der Waals surface area contributed by atoms with Gasteiger partial charge in [-0.15, -0.1) is 0 Å². The summed E-state index contributed by atoms with van der Waals surface area (Å²) < 4.78 is 6.36. The first kappa shape index (κ1) is 23.8. The molecule has 0 N–H and O–H groups in total. The average Bonchev–Trinajstić information content (AvgIpc) is 3.08. The maximum atomic E-state index is 6.36. The first-order valence-electron chi connectivity index (χ1n) is 14.4. The lowest BCUT2D eigenvalue weighted by atomic mass is 9.93. The van der Waals surface area contributed by atoms with Crippen LogP contribution < -0.4 is 4.74 Å². The third-order valence-corrected chi connectivity index (χ3v) is 8.29. The van der Waals surface area contributed by atoms with E-state index in [-0.39, 0.29) is 0 Å². The van der Waals surface area contributed by atoms with Gasteiger partial charge in [-0.05, 0) is 62.8 Å². The van der Waals surface area contributed by atoms with Crippen molar-refractivity contribution in [1.29, 1.82) is 0 Å². The summed E-state index contributed by atoms with van der Waals surface area (Å²) in [6, 6.07) is 48.0. The molecule has 0 unspecified atom stereocenters. The quantitative estimate of drug-likeness (QED) is 0.206. The Labute approximate surface area is 247 Å². The normalized spacial score (nSPS) is 11.9. The molecule has 4 nitrogen and oxygen atoms in total. The second-order valence-corrected chi connectivity index (χ2v) is 10.8. The lowest BCUT2D eigenvalue weighted by Crippen LogP contribution is -2.02. The van der Waals surface area contributed by atoms with Gasteiger partial charge in [0.25, 0.3) is 0 Å². The molecule has 200 valence electrons. The van der Waals surface area contributed by atoms with Gasteiger partial charge in [0.15, 0.2) is 17.5 Å². The molecule has 0 aliphatic carbocycles. The molecule has 7 aromatic carbocycles. The minimum Gasteiger partial charge on any atom is -0.456 e. The highest BCUT2D eigenvalue weighted by Crippen LogP contribution is 2.47. The van der Waals surface area contributed by atoms with E-state index < -0.39 is 0 Å². The highest BCUT2D eigenvalue weighted by Gasteiger charge is 2.22. The smallest absolute Gasteiger partial charge is 0.164 e. The summed E-state index contributed by atoms with van der Waals surface area (Å²) in [5.74, 6) is 3.61. The van der Waals surface area contributed by atoms with E-state index in [9.17, 15) is 0 Å². The Kier molecular flexibility index (Phi) is 5.16. The molecule has 0 saturated heterocycles. The summed E-state index contributed by atoms with van der Waals surface area (Å²) in [7, 11) is 0. The maximum Gasteiger partial charge on any atom is 0.164 e. The Morgan fingerprint density at radius 1 is 0.372 bits per heavy atom. The van der Waals surface area contributed by atoms with Crippen molar-refractivity contribution >= 4 is 32.3 Å². The number of ether oxygens (including phenoxy) is 1. The number of hydrogen-bond acceptors (Lipinski definition) is 4. The fraction of sp³-hybridized carbons (Fsp3) is 0. The van der Waals surface area contributed by atoms with E-state index in [1.165, 1.54) is 10.8 Å². The zero-order chi connectivity index (χ0) is 28.3. The van der Waals surface area contributed by atoms with Crippen molar-refractivity contribution < 1.29 is 4.74 Å². The second kappa shape index (κ2) is 9.33. The highest BCUT2D eigenvalue weighted by atomic mass is 16.5. The van der Waals surface area contributed by atoms with Crippen LogP contribution in [0.4, 0.5) is 0 Å². The van der Waals surface area contributed by atoms with E-state index in [1.807, 2.05) is 54.6 Å². The van der Waals surface area contributed by atoms with Crippen LogP contribution in [0.2, 0.25) is 0 Å². The van der Waals surface area contributed by atoms with E-state index in [0.29, 0.717) is 17.5 Å². The molecule has 0 bridgehead atoms. The monoisotopic (exact) mass is 549 g/mol. The number of fused-ring (bicyclic) bond motifs is 5. The van der Waals surface area contributed by atoms with Crippen molar-refractivity contribution in [2.45, 2.75) is 0 Å². The predicted molar refractivity (Wildman–Crippen MR) is 174 cm³/mol. The van der Waals surface area contributed by atoms with Gasteiger partial charge in [0.1, 0.15) is 11.5 Å². The molecular weight excluding hydrogens is 526 g/mol. The van der Waals surface area contributed by atoms with Crippen LogP contribution in [0.5, 0.6) is 11.5 Å². The fourth-order valence-electron chi connectivity index (χ4n) is 6.28. The lowest BCUT2D eigenvalue weighted by Gasteiger charge is -2.21. The fourth-order valence-corrected chi connectivity index (χ4v) is 6.28. The number of aromatic nitrogens is 3.